The summed E-state index contributed by atoms with van der Waals surface area (Å²) in [4.78, 5) is 15.5. The first-order valence-corrected chi connectivity index (χ1v) is 10.3. The second kappa shape index (κ2) is 9.09. The lowest BCUT2D eigenvalue weighted by molar-refractivity contribution is 0.648. The van der Waals surface area contributed by atoms with E-state index in [4.69, 9.17) is 11.6 Å². The number of anilines is 1. The van der Waals surface area contributed by atoms with E-state index in [1.165, 1.54) is 10.9 Å². The number of aliphatic imine (C=N–C) groups is 1. The van der Waals surface area contributed by atoms with Gasteiger partial charge in [0.2, 0.25) is 0 Å². The molecule has 2 N–H and O–H groups in total. The topological polar surface area (TPSA) is 65.4 Å². The molecule has 1 aromatic carbocycles. The SMILES string of the molecule is CN=C(NCCc1cccc2cccnc12)NC1CCN(c2ncccc2Cl)C1. The summed E-state index contributed by atoms with van der Waals surface area (Å²) in [6, 6.07) is 14.4. The molecule has 4 rings (SSSR count). The fourth-order valence-corrected chi connectivity index (χ4v) is 3.99. The molecule has 3 aromatic rings. The van der Waals surface area contributed by atoms with Crippen LogP contribution in [0.15, 0.2) is 59.9 Å². The smallest absolute Gasteiger partial charge is 0.191 e. The summed E-state index contributed by atoms with van der Waals surface area (Å²) in [7, 11) is 1.80. The summed E-state index contributed by atoms with van der Waals surface area (Å²) in [6.45, 7) is 2.57. The molecule has 1 aliphatic rings. The molecular weight excluding hydrogens is 384 g/mol. The molecule has 6 nitrogen and oxygen atoms in total. The van der Waals surface area contributed by atoms with Crippen LogP contribution in [0.5, 0.6) is 0 Å². The van der Waals surface area contributed by atoms with Gasteiger partial charge in [-0.05, 0) is 36.6 Å². The molecule has 0 aliphatic carbocycles. The van der Waals surface area contributed by atoms with E-state index in [-0.39, 0.29) is 0 Å². The Labute approximate surface area is 176 Å². The van der Waals surface area contributed by atoms with Gasteiger partial charge in [-0.1, -0.05) is 35.9 Å². The Balaban J connectivity index is 1.31. The van der Waals surface area contributed by atoms with Gasteiger partial charge in [-0.3, -0.25) is 9.98 Å². The van der Waals surface area contributed by atoms with Crippen molar-refractivity contribution >= 4 is 34.3 Å². The standard InChI is InChI=1S/C22H25ClN6/c1-24-22(27-13-9-17-6-2-5-16-7-3-11-25-20(16)17)28-18-10-14-29(15-18)21-19(23)8-4-12-26-21/h2-8,11-12,18H,9-10,13-15H2,1H3,(H2,24,27,28). The number of nitrogens with one attached hydrogen (secondary N) is 2. The van der Waals surface area contributed by atoms with Crippen molar-refractivity contribution in [2.75, 3.05) is 31.6 Å². The van der Waals surface area contributed by atoms with E-state index in [2.05, 4.69) is 54.8 Å². The zero-order valence-electron chi connectivity index (χ0n) is 16.5. The largest absolute Gasteiger partial charge is 0.356 e. The van der Waals surface area contributed by atoms with Gasteiger partial charge < -0.3 is 15.5 Å². The Morgan fingerprint density at radius 3 is 2.86 bits per heavy atom. The summed E-state index contributed by atoms with van der Waals surface area (Å²) in [5.41, 5.74) is 2.31. The van der Waals surface area contributed by atoms with Crippen molar-refractivity contribution in [2.24, 2.45) is 4.99 Å². The van der Waals surface area contributed by atoms with Crippen molar-refractivity contribution in [1.29, 1.82) is 0 Å². The molecule has 3 heterocycles. The highest BCUT2D eigenvalue weighted by Gasteiger charge is 2.25. The second-order valence-electron chi connectivity index (χ2n) is 7.13. The second-order valence-corrected chi connectivity index (χ2v) is 7.53. The lowest BCUT2D eigenvalue weighted by atomic mass is 10.1. The normalized spacial score (nSPS) is 17.0. The van der Waals surface area contributed by atoms with Crippen LogP contribution < -0.4 is 15.5 Å². The third-order valence-corrected chi connectivity index (χ3v) is 5.49. The first kappa shape index (κ1) is 19.5. The summed E-state index contributed by atoms with van der Waals surface area (Å²) >= 11 is 6.29. The maximum atomic E-state index is 6.29. The third kappa shape index (κ3) is 4.59. The van der Waals surface area contributed by atoms with Gasteiger partial charge in [-0.2, -0.15) is 0 Å². The number of benzene rings is 1. The molecule has 150 valence electrons. The van der Waals surface area contributed by atoms with Crippen LogP contribution >= 0.6 is 11.6 Å². The minimum absolute atomic E-state index is 0.304. The molecule has 2 aromatic heterocycles. The molecule has 1 fully saturated rings. The molecule has 0 bridgehead atoms. The molecule has 29 heavy (non-hydrogen) atoms. The van der Waals surface area contributed by atoms with Gasteiger partial charge in [0.05, 0.1) is 10.5 Å². The van der Waals surface area contributed by atoms with E-state index in [1.807, 2.05) is 24.4 Å². The fraction of sp³-hybridized carbons (Fsp3) is 0.318. The minimum Gasteiger partial charge on any atom is -0.356 e. The molecule has 1 atom stereocenters. The Morgan fingerprint density at radius 2 is 2.00 bits per heavy atom. The van der Waals surface area contributed by atoms with Crippen LogP contribution in [0.25, 0.3) is 10.9 Å². The van der Waals surface area contributed by atoms with Gasteiger partial charge in [-0.25, -0.2) is 4.98 Å². The van der Waals surface area contributed by atoms with Crippen LogP contribution in [0.4, 0.5) is 5.82 Å². The maximum Gasteiger partial charge on any atom is 0.191 e. The number of fused-ring (bicyclic) bond motifs is 1. The average molecular weight is 409 g/mol. The molecule has 1 aliphatic heterocycles. The predicted molar refractivity (Wildman–Crippen MR) is 120 cm³/mol. The Kier molecular flexibility index (Phi) is 6.10. The number of halogens is 1. The molecule has 1 saturated heterocycles. The van der Waals surface area contributed by atoms with E-state index in [1.54, 1.807) is 13.2 Å². The summed E-state index contributed by atoms with van der Waals surface area (Å²) in [5, 5.41) is 8.81. The average Bonchev–Trinajstić information content (AvgIpc) is 3.21. The minimum atomic E-state index is 0.304. The van der Waals surface area contributed by atoms with Crippen molar-refractivity contribution in [2.45, 2.75) is 18.9 Å². The summed E-state index contributed by atoms with van der Waals surface area (Å²) < 4.78 is 0. The highest BCUT2D eigenvalue weighted by Crippen LogP contribution is 2.25. The number of pyridine rings is 2. The summed E-state index contributed by atoms with van der Waals surface area (Å²) in [6.07, 6.45) is 5.53. The zero-order chi connectivity index (χ0) is 20.1. The Morgan fingerprint density at radius 1 is 1.17 bits per heavy atom. The molecule has 7 heteroatoms. The van der Waals surface area contributed by atoms with Crippen LogP contribution in [0.2, 0.25) is 5.02 Å². The number of aromatic nitrogens is 2. The van der Waals surface area contributed by atoms with Crippen molar-refractivity contribution in [3.05, 3.63) is 65.4 Å². The summed E-state index contributed by atoms with van der Waals surface area (Å²) in [5.74, 6) is 1.67. The van der Waals surface area contributed by atoms with Crippen molar-refractivity contribution in [3.8, 4) is 0 Å². The van der Waals surface area contributed by atoms with Crippen LogP contribution in [-0.4, -0.2) is 48.7 Å². The van der Waals surface area contributed by atoms with Gasteiger partial charge in [0.15, 0.2) is 5.96 Å². The monoisotopic (exact) mass is 408 g/mol. The number of hydrogen-bond acceptors (Lipinski definition) is 4. The molecule has 0 saturated carbocycles. The fourth-order valence-electron chi connectivity index (χ4n) is 3.75. The highest BCUT2D eigenvalue weighted by molar-refractivity contribution is 6.32. The zero-order valence-corrected chi connectivity index (χ0v) is 17.2. The lowest BCUT2D eigenvalue weighted by Gasteiger charge is -2.20. The molecule has 1 unspecified atom stereocenters. The van der Waals surface area contributed by atoms with Crippen LogP contribution in [0.1, 0.15) is 12.0 Å². The predicted octanol–water partition coefficient (Wildman–Crippen LogP) is 3.27. The van der Waals surface area contributed by atoms with Gasteiger partial charge in [-0.15, -0.1) is 0 Å². The van der Waals surface area contributed by atoms with E-state index in [9.17, 15) is 0 Å². The third-order valence-electron chi connectivity index (χ3n) is 5.19. The first-order chi connectivity index (χ1) is 14.2. The van der Waals surface area contributed by atoms with Crippen LogP contribution in [0.3, 0.4) is 0 Å². The van der Waals surface area contributed by atoms with Crippen LogP contribution in [-0.2, 0) is 6.42 Å². The van der Waals surface area contributed by atoms with Crippen molar-refractivity contribution < 1.29 is 0 Å². The number of rotatable bonds is 5. The van der Waals surface area contributed by atoms with Gasteiger partial charge in [0.25, 0.3) is 0 Å². The Bertz CT molecular complexity index is 1000. The maximum absolute atomic E-state index is 6.29. The molecule has 0 radical (unpaired) electrons. The van der Waals surface area contributed by atoms with Crippen molar-refractivity contribution in [3.63, 3.8) is 0 Å². The Hall–Kier alpha value is -2.86. The van der Waals surface area contributed by atoms with Crippen molar-refractivity contribution in [1.82, 2.24) is 20.6 Å². The molecular formula is C22H25ClN6. The van der Waals surface area contributed by atoms with E-state index in [0.29, 0.717) is 11.1 Å². The van der Waals surface area contributed by atoms with Gasteiger partial charge in [0.1, 0.15) is 5.82 Å². The van der Waals surface area contributed by atoms with Crippen LogP contribution in [0, 0.1) is 0 Å². The molecule has 0 spiro atoms. The number of guanidine groups is 1. The van der Waals surface area contributed by atoms with Gasteiger partial charge in [0, 0.05) is 50.5 Å². The highest BCUT2D eigenvalue weighted by atomic mass is 35.5. The lowest BCUT2D eigenvalue weighted by Crippen LogP contribution is -2.45. The number of nitrogens with zero attached hydrogens (tertiary/aromatic N) is 4. The number of para-hydroxylation sites is 1. The first-order valence-electron chi connectivity index (χ1n) is 9.90. The molecule has 0 amide bonds. The van der Waals surface area contributed by atoms with E-state index in [0.717, 1.165) is 49.8 Å². The number of hydrogen-bond donors (Lipinski definition) is 2. The quantitative estimate of drug-likeness (QED) is 0.501. The van der Waals surface area contributed by atoms with E-state index < -0.39 is 0 Å². The van der Waals surface area contributed by atoms with Gasteiger partial charge >= 0.3 is 0 Å². The van der Waals surface area contributed by atoms with E-state index >= 15 is 0 Å².